The highest BCUT2D eigenvalue weighted by molar-refractivity contribution is 9.10. The fourth-order valence-corrected chi connectivity index (χ4v) is 4.73. The van der Waals surface area contributed by atoms with Gasteiger partial charge in [-0.05, 0) is 26.0 Å². The SMILES string of the molecule is CC1(C)Oc2cc(Br)ccc2C1N1CCS(=O)(=O)CC1. The summed E-state index contributed by atoms with van der Waals surface area (Å²) in [6.45, 7) is 5.29. The maximum atomic E-state index is 11.6. The highest BCUT2D eigenvalue weighted by Gasteiger charge is 2.45. The second kappa shape index (κ2) is 4.71. The number of nitrogens with zero attached hydrogens (tertiary/aromatic N) is 1. The third-order valence-corrected chi connectivity index (χ3v) is 6.15. The first-order valence-electron chi connectivity index (χ1n) is 6.71. The average Bonchev–Trinajstić information content (AvgIpc) is 2.59. The summed E-state index contributed by atoms with van der Waals surface area (Å²) in [7, 11) is -2.86. The Morgan fingerprint density at radius 2 is 1.95 bits per heavy atom. The molecule has 0 aliphatic carbocycles. The lowest BCUT2D eigenvalue weighted by atomic mass is 9.93. The van der Waals surface area contributed by atoms with Crippen LogP contribution in [0.15, 0.2) is 22.7 Å². The van der Waals surface area contributed by atoms with Gasteiger partial charge < -0.3 is 4.74 Å². The summed E-state index contributed by atoms with van der Waals surface area (Å²) in [4.78, 5) is 2.24. The van der Waals surface area contributed by atoms with Crippen LogP contribution in [0.5, 0.6) is 5.75 Å². The summed E-state index contributed by atoms with van der Waals surface area (Å²) in [5.74, 6) is 1.37. The predicted octanol–water partition coefficient (Wildman–Crippen LogP) is 2.39. The Labute approximate surface area is 128 Å². The van der Waals surface area contributed by atoms with Crippen molar-refractivity contribution < 1.29 is 13.2 Å². The number of hydrogen-bond donors (Lipinski definition) is 0. The smallest absolute Gasteiger partial charge is 0.152 e. The molecule has 110 valence electrons. The van der Waals surface area contributed by atoms with Crippen LogP contribution < -0.4 is 4.74 Å². The van der Waals surface area contributed by atoms with E-state index in [2.05, 4.69) is 40.7 Å². The van der Waals surface area contributed by atoms with Crippen LogP contribution in [0.4, 0.5) is 0 Å². The molecule has 0 amide bonds. The number of benzene rings is 1. The van der Waals surface area contributed by atoms with E-state index in [1.807, 2.05) is 12.1 Å². The first-order chi connectivity index (χ1) is 9.28. The minimum atomic E-state index is -2.86. The van der Waals surface area contributed by atoms with Crippen LogP contribution in [0.25, 0.3) is 0 Å². The fourth-order valence-electron chi connectivity index (χ4n) is 3.16. The van der Waals surface area contributed by atoms with E-state index in [9.17, 15) is 8.42 Å². The molecule has 2 aliphatic heterocycles. The molecule has 0 spiro atoms. The zero-order chi connectivity index (χ0) is 14.5. The van der Waals surface area contributed by atoms with E-state index in [1.165, 1.54) is 0 Å². The maximum absolute atomic E-state index is 11.6. The fraction of sp³-hybridized carbons (Fsp3) is 0.571. The lowest BCUT2D eigenvalue weighted by Gasteiger charge is -2.38. The minimum Gasteiger partial charge on any atom is -0.485 e. The van der Waals surface area contributed by atoms with Gasteiger partial charge in [0.25, 0.3) is 0 Å². The van der Waals surface area contributed by atoms with Gasteiger partial charge in [-0.1, -0.05) is 22.0 Å². The molecule has 0 bridgehead atoms. The van der Waals surface area contributed by atoms with E-state index in [-0.39, 0.29) is 23.1 Å². The normalized spacial score (nSPS) is 27.9. The van der Waals surface area contributed by atoms with E-state index in [0.717, 1.165) is 15.8 Å². The molecule has 3 rings (SSSR count). The number of ether oxygens (including phenoxy) is 1. The summed E-state index contributed by atoms with van der Waals surface area (Å²) >= 11 is 3.46. The molecule has 1 atom stereocenters. The molecule has 1 aromatic carbocycles. The Morgan fingerprint density at radius 3 is 2.60 bits per heavy atom. The Balaban J connectivity index is 1.93. The number of rotatable bonds is 1. The molecule has 0 N–H and O–H groups in total. The first kappa shape index (κ1) is 14.4. The van der Waals surface area contributed by atoms with Gasteiger partial charge in [0.2, 0.25) is 0 Å². The van der Waals surface area contributed by atoms with Crippen LogP contribution in [0.2, 0.25) is 0 Å². The number of hydrogen-bond acceptors (Lipinski definition) is 4. The van der Waals surface area contributed by atoms with Crippen LogP contribution in [0.1, 0.15) is 25.5 Å². The number of sulfone groups is 1. The van der Waals surface area contributed by atoms with Crippen LogP contribution in [0.3, 0.4) is 0 Å². The summed E-state index contributed by atoms with van der Waals surface area (Å²) in [5, 5.41) is 0. The Morgan fingerprint density at radius 1 is 1.30 bits per heavy atom. The largest absolute Gasteiger partial charge is 0.485 e. The van der Waals surface area contributed by atoms with Crippen molar-refractivity contribution in [2.24, 2.45) is 0 Å². The summed E-state index contributed by atoms with van der Waals surface area (Å²) in [6.07, 6.45) is 0. The molecule has 1 aromatic rings. The van der Waals surface area contributed by atoms with Gasteiger partial charge in [-0.3, -0.25) is 4.90 Å². The van der Waals surface area contributed by atoms with Crippen LogP contribution >= 0.6 is 15.9 Å². The minimum absolute atomic E-state index is 0.112. The van der Waals surface area contributed by atoms with E-state index >= 15 is 0 Å². The van der Waals surface area contributed by atoms with Crippen molar-refractivity contribution in [1.82, 2.24) is 4.90 Å². The van der Waals surface area contributed by atoms with E-state index in [1.54, 1.807) is 0 Å². The zero-order valence-electron chi connectivity index (χ0n) is 11.6. The van der Waals surface area contributed by atoms with Crippen molar-refractivity contribution >= 4 is 25.8 Å². The summed E-state index contributed by atoms with van der Waals surface area (Å²) < 4.78 is 30.3. The van der Waals surface area contributed by atoms with E-state index < -0.39 is 9.84 Å². The van der Waals surface area contributed by atoms with E-state index in [4.69, 9.17) is 4.74 Å². The van der Waals surface area contributed by atoms with Crippen LogP contribution in [-0.2, 0) is 9.84 Å². The molecule has 20 heavy (non-hydrogen) atoms. The van der Waals surface area contributed by atoms with Gasteiger partial charge in [-0.25, -0.2) is 8.42 Å². The van der Waals surface area contributed by atoms with Gasteiger partial charge in [0.15, 0.2) is 9.84 Å². The second-order valence-corrected chi connectivity index (χ2v) is 9.20. The summed E-state index contributed by atoms with van der Waals surface area (Å²) in [5.41, 5.74) is 0.807. The average molecular weight is 360 g/mol. The van der Waals surface area contributed by atoms with Crippen molar-refractivity contribution in [1.29, 1.82) is 0 Å². The van der Waals surface area contributed by atoms with Crippen molar-refractivity contribution in [3.05, 3.63) is 28.2 Å². The molecule has 2 aliphatic rings. The monoisotopic (exact) mass is 359 g/mol. The Bertz CT molecular complexity index is 628. The molecule has 1 saturated heterocycles. The molecular formula is C14H18BrNO3S. The third kappa shape index (κ3) is 2.49. The number of halogens is 1. The van der Waals surface area contributed by atoms with Crippen molar-refractivity contribution in [2.45, 2.75) is 25.5 Å². The Hall–Kier alpha value is -0.590. The molecule has 4 nitrogen and oxygen atoms in total. The molecule has 0 radical (unpaired) electrons. The van der Waals surface area contributed by atoms with Gasteiger partial charge >= 0.3 is 0 Å². The highest BCUT2D eigenvalue weighted by atomic mass is 79.9. The Kier molecular flexibility index (Phi) is 3.38. The van der Waals surface area contributed by atoms with E-state index in [0.29, 0.717) is 13.1 Å². The van der Waals surface area contributed by atoms with Crippen molar-refractivity contribution in [2.75, 3.05) is 24.6 Å². The topological polar surface area (TPSA) is 46.6 Å². The maximum Gasteiger partial charge on any atom is 0.152 e. The third-order valence-electron chi connectivity index (χ3n) is 4.05. The van der Waals surface area contributed by atoms with Gasteiger partial charge in [-0.15, -0.1) is 0 Å². The summed E-state index contributed by atoms with van der Waals surface area (Å²) in [6, 6.07) is 6.18. The lowest BCUT2D eigenvalue weighted by molar-refractivity contribution is 0.0326. The highest BCUT2D eigenvalue weighted by Crippen LogP contribution is 2.47. The lowest BCUT2D eigenvalue weighted by Crippen LogP contribution is -2.48. The van der Waals surface area contributed by atoms with Gasteiger partial charge in [0.05, 0.1) is 17.5 Å². The van der Waals surface area contributed by atoms with Gasteiger partial charge in [0, 0.05) is 23.1 Å². The zero-order valence-corrected chi connectivity index (χ0v) is 14.0. The van der Waals surface area contributed by atoms with Crippen molar-refractivity contribution in [3.63, 3.8) is 0 Å². The second-order valence-electron chi connectivity index (χ2n) is 5.98. The van der Waals surface area contributed by atoms with Gasteiger partial charge in [0.1, 0.15) is 11.4 Å². The molecule has 2 heterocycles. The molecule has 1 fully saturated rings. The molecular weight excluding hydrogens is 342 g/mol. The van der Waals surface area contributed by atoms with Gasteiger partial charge in [-0.2, -0.15) is 0 Å². The number of fused-ring (bicyclic) bond motifs is 1. The first-order valence-corrected chi connectivity index (χ1v) is 9.33. The van der Waals surface area contributed by atoms with Crippen LogP contribution in [-0.4, -0.2) is 43.5 Å². The van der Waals surface area contributed by atoms with Crippen molar-refractivity contribution in [3.8, 4) is 5.75 Å². The predicted molar refractivity (Wildman–Crippen MR) is 81.8 cm³/mol. The molecule has 0 saturated carbocycles. The standard InChI is InChI=1S/C14H18BrNO3S/c1-14(2)13(16-5-7-20(17,18)8-6-16)11-4-3-10(15)9-12(11)19-14/h3-4,9,13H,5-8H2,1-2H3. The molecule has 0 aromatic heterocycles. The molecule has 6 heteroatoms. The quantitative estimate of drug-likeness (QED) is 0.772. The van der Waals surface area contributed by atoms with Crippen LogP contribution in [0, 0.1) is 0 Å². The molecule has 1 unspecified atom stereocenters.